The number of hydrogen-bond donors (Lipinski definition) is 1. The van der Waals surface area contributed by atoms with Crippen LogP contribution in [-0.4, -0.2) is 13.1 Å². The molecule has 1 aliphatic heterocycles. The van der Waals surface area contributed by atoms with Crippen molar-refractivity contribution in [1.82, 2.24) is 0 Å². The summed E-state index contributed by atoms with van der Waals surface area (Å²) in [6, 6.07) is 4.03. The predicted octanol–water partition coefficient (Wildman–Crippen LogP) is 2.62. The molecule has 0 bridgehead atoms. The maximum Gasteiger partial charge on any atom is 0.338 e. The van der Waals surface area contributed by atoms with Crippen molar-refractivity contribution in [3.63, 3.8) is 0 Å². The molecule has 0 spiro atoms. The zero-order valence-corrected chi connectivity index (χ0v) is 13.1. The fraction of sp³-hybridized carbons (Fsp3) is 0.333. The van der Waals surface area contributed by atoms with Gasteiger partial charge in [-0.3, -0.25) is 0 Å². The van der Waals surface area contributed by atoms with Crippen LogP contribution in [0.15, 0.2) is 28.9 Å². The van der Waals surface area contributed by atoms with Gasteiger partial charge in [0.15, 0.2) is 0 Å². The number of thiophene rings is 1. The molecule has 1 aromatic rings. The van der Waals surface area contributed by atoms with E-state index in [-0.39, 0.29) is 11.5 Å². The van der Waals surface area contributed by atoms with E-state index in [9.17, 15) is 10.1 Å². The molecular weight excluding hydrogens is 288 g/mol. The van der Waals surface area contributed by atoms with Crippen molar-refractivity contribution >= 4 is 17.3 Å². The molecule has 1 aromatic heterocycles. The monoisotopic (exact) mass is 304 g/mol. The highest BCUT2D eigenvalue weighted by Crippen LogP contribution is 2.42. The van der Waals surface area contributed by atoms with Crippen molar-refractivity contribution in [3.05, 3.63) is 44.2 Å². The first-order chi connectivity index (χ1) is 9.90. The van der Waals surface area contributed by atoms with Gasteiger partial charge in [0.25, 0.3) is 0 Å². The van der Waals surface area contributed by atoms with Gasteiger partial charge in [-0.2, -0.15) is 5.26 Å². The van der Waals surface area contributed by atoms with Crippen molar-refractivity contribution < 1.29 is 14.3 Å². The van der Waals surface area contributed by atoms with Gasteiger partial charge < -0.3 is 15.2 Å². The van der Waals surface area contributed by atoms with E-state index >= 15 is 0 Å². The van der Waals surface area contributed by atoms with Crippen LogP contribution in [0.1, 0.15) is 28.2 Å². The van der Waals surface area contributed by atoms with E-state index in [0.29, 0.717) is 11.3 Å². The molecule has 0 amide bonds. The van der Waals surface area contributed by atoms with Crippen molar-refractivity contribution in [1.29, 1.82) is 5.26 Å². The SMILES string of the molecule is COC(=O)C1=C(C)OC(N)=C(C#N)[C@@H]1c1cc(C)sc1C. The molecule has 0 radical (unpaired) electrons. The van der Waals surface area contributed by atoms with Gasteiger partial charge in [0.1, 0.15) is 17.4 Å². The molecule has 2 N–H and O–H groups in total. The second-order valence-electron chi connectivity index (χ2n) is 4.75. The van der Waals surface area contributed by atoms with Crippen LogP contribution >= 0.6 is 11.3 Å². The highest BCUT2D eigenvalue weighted by atomic mass is 32.1. The van der Waals surface area contributed by atoms with E-state index in [1.807, 2.05) is 19.9 Å². The van der Waals surface area contributed by atoms with Gasteiger partial charge in [0.05, 0.1) is 18.6 Å². The molecule has 1 aliphatic rings. The first kappa shape index (κ1) is 15.1. The molecule has 6 heteroatoms. The summed E-state index contributed by atoms with van der Waals surface area (Å²) in [4.78, 5) is 14.3. The highest BCUT2D eigenvalue weighted by Gasteiger charge is 2.37. The second kappa shape index (κ2) is 5.62. The lowest BCUT2D eigenvalue weighted by Gasteiger charge is -2.26. The Morgan fingerprint density at radius 2 is 2.14 bits per heavy atom. The Balaban J connectivity index is 2.69. The molecule has 0 unspecified atom stereocenters. The minimum Gasteiger partial charge on any atom is -0.466 e. The number of ether oxygens (including phenoxy) is 2. The molecule has 0 fully saturated rings. The molecular formula is C15H16N2O3S. The van der Waals surface area contributed by atoms with E-state index in [4.69, 9.17) is 15.2 Å². The number of nitrogens with zero attached hydrogens (tertiary/aromatic N) is 1. The van der Waals surface area contributed by atoms with E-state index in [1.165, 1.54) is 7.11 Å². The van der Waals surface area contributed by atoms with Crippen molar-refractivity contribution in [2.45, 2.75) is 26.7 Å². The number of rotatable bonds is 2. The minimum absolute atomic E-state index is 0.0379. The Labute approximate surface area is 127 Å². The topological polar surface area (TPSA) is 85.3 Å². The normalized spacial score (nSPS) is 18.3. The molecule has 2 heterocycles. The number of nitrogens with two attached hydrogens (primary N) is 1. The van der Waals surface area contributed by atoms with Crippen molar-refractivity contribution in [2.24, 2.45) is 5.73 Å². The van der Waals surface area contributed by atoms with Gasteiger partial charge in [-0.25, -0.2) is 4.79 Å². The molecule has 1 atom stereocenters. The Bertz CT molecular complexity index is 707. The van der Waals surface area contributed by atoms with Crippen LogP contribution in [0.25, 0.3) is 0 Å². The third-order valence-electron chi connectivity index (χ3n) is 3.40. The number of methoxy groups -OCH3 is 1. The maximum absolute atomic E-state index is 12.1. The summed E-state index contributed by atoms with van der Waals surface area (Å²) in [5, 5.41) is 9.41. The predicted molar refractivity (Wildman–Crippen MR) is 79.2 cm³/mol. The molecule has 2 rings (SSSR count). The standard InChI is InChI=1S/C15H16N2O3S/c1-7-5-10(9(3)21-7)13-11(6-16)14(17)20-8(2)12(13)15(18)19-4/h5,13H,17H2,1-4H3/t13-/m0/s1. The Hall–Kier alpha value is -2.26. The van der Waals surface area contributed by atoms with Crippen LogP contribution < -0.4 is 5.73 Å². The molecule has 0 aromatic carbocycles. The summed E-state index contributed by atoms with van der Waals surface area (Å²) in [5.41, 5.74) is 7.27. The van der Waals surface area contributed by atoms with Gasteiger partial charge in [-0.05, 0) is 32.4 Å². The smallest absolute Gasteiger partial charge is 0.338 e. The summed E-state index contributed by atoms with van der Waals surface area (Å²) in [6.45, 7) is 5.58. The average molecular weight is 304 g/mol. The zero-order chi connectivity index (χ0) is 15.7. The quantitative estimate of drug-likeness (QED) is 0.849. The lowest BCUT2D eigenvalue weighted by atomic mass is 9.83. The summed E-state index contributed by atoms with van der Waals surface area (Å²) in [5.74, 6) is -0.648. The molecule has 0 saturated heterocycles. The van der Waals surface area contributed by atoms with E-state index in [2.05, 4.69) is 6.07 Å². The highest BCUT2D eigenvalue weighted by molar-refractivity contribution is 7.12. The fourth-order valence-corrected chi connectivity index (χ4v) is 3.47. The number of carbonyl (C=O) groups excluding carboxylic acids is 1. The lowest BCUT2D eigenvalue weighted by Crippen LogP contribution is -2.25. The van der Waals surface area contributed by atoms with Crippen LogP contribution in [0.5, 0.6) is 0 Å². The van der Waals surface area contributed by atoms with Crippen molar-refractivity contribution in [2.75, 3.05) is 7.11 Å². The Morgan fingerprint density at radius 3 is 2.62 bits per heavy atom. The summed E-state index contributed by atoms with van der Waals surface area (Å²) in [7, 11) is 1.30. The fourth-order valence-electron chi connectivity index (χ4n) is 2.50. The summed E-state index contributed by atoms with van der Waals surface area (Å²) < 4.78 is 10.2. The van der Waals surface area contributed by atoms with Crippen LogP contribution in [0.2, 0.25) is 0 Å². The van der Waals surface area contributed by atoms with Gasteiger partial charge in [-0.1, -0.05) is 0 Å². The minimum atomic E-state index is -0.541. The second-order valence-corrected chi connectivity index (χ2v) is 6.22. The molecule has 21 heavy (non-hydrogen) atoms. The van der Waals surface area contributed by atoms with E-state index < -0.39 is 11.9 Å². The van der Waals surface area contributed by atoms with Crippen molar-refractivity contribution in [3.8, 4) is 6.07 Å². The number of hydrogen-bond acceptors (Lipinski definition) is 6. The Morgan fingerprint density at radius 1 is 1.48 bits per heavy atom. The van der Waals surface area contributed by atoms with Gasteiger partial charge in [0.2, 0.25) is 5.88 Å². The number of carbonyl (C=O) groups is 1. The lowest BCUT2D eigenvalue weighted by molar-refractivity contribution is -0.136. The third-order valence-corrected chi connectivity index (χ3v) is 4.38. The maximum atomic E-state index is 12.1. The number of allylic oxidation sites excluding steroid dienone is 2. The van der Waals surface area contributed by atoms with Gasteiger partial charge >= 0.3 is 5.97 Å². The molecule has 0 saturated carbocycles. The van der Waals surface area contributed by atoms with E-state index in [0.717, 1.165) is 15.3 Å². The molecule has 5 nitrogen and oxygen atoms in total. The number of nitriles is 1. The first-order valence-corrected chi connectivity index (χ1v) is 7.16. The van der Waals surface area contributed by atoms with Crippen LogP contribution in [-0.2, 0) is 14.3 Å². The zero-order valence-electron chi connectivity index (χ0n) is 12.3. The van der Waals surface area contributed by atoms with E-state index in [1.54, 1.807) is 18.3 Å². The molecule has 0 aliphatic carbocycles. The van der Waals surface area contributed by atoms with Crippen LogP contribution in [0, 0.1) is 25.2 Å². The first-order valence-electron chi connectivity index (χ1n) is 6.34. The molecule has 110 valence electrons. The van der Waals surface area contributed by atoms with Gasteiger partial charge in [-0.15, -0.1) is 11.3 Å². The number of esters is 1. The van der Waals surface area contributed by atoms with Gasteiger partial charge in [0, 0.05) is 9.75 Å². The summed E-state index contributed by atoms with van der Waals surface area (Å²) in [6.07, 6.45) is 0. The number of aryl methyl sites for hydroxylation is 2. The average Bonchev–Trinajstić information content (AvgIpc) is 2.76. The third kappa shape index (κ3) is 2.52. The Kier molecular flexibility index (Phi) is 4.05. The largest absolute Gasteiger partial charge is 0.466 e. The van der Waals surface area contributed by atoms with Crippen LogP contribution in [0.4, 0.5) is 0 Å². The summed E-state index contributed by atoms with van der Waals surface area (Å²) >= 11 is 1.61. The van der Waals surface area contributed by atoms with Crippen LogP contribution in [0.3, 0.4) is 0 Å².